The maximum Gasteiger partial charge on any atom is 0.257 e. The molecule has 1 aromatic rings. The van der Waals surface area contributed by atoms with Crippen molar-refractivity contribution >= 4 is 29.1 Å². The lowest BCUT2D eigenvalue weighted by Crippen LogP contribution is -2.45. The first-order valence-electron chi connectivity index (χ1n) is 7.70. The zero-order valence-electron chi connectivity index (χ0n) is 14.1. The summed E-state index contributed by atoms with van der Waals surface area (Å²) in [4.78, 5) is 25.5. The lowest BCUT2D eigenvalue weighted by molar-refractivity contribution is 0.0972. The van der Waals surface area contributed by atoms with Crippen molar-refractivity contribution in [2.45, 2.75) is 27.7 Å². The van der Waals surface area contributed by atoms with Crippen LogP contribution in [-0.2, 0) is 0 Å². The Kier molecular flexibility index (Phi) is 7.16. The lowest BCUT2D eigenvalue weighted by Gasteiger charge is -2.28. The van der Waals surface area contributed by atoms with Gasteiger partial charge in [0.1, 0.15) is 0 Å². The molecular weight excluding hydrogens is 310 g/mol. The molecule has 23 heavy (non-hydrogen) atoms. The van der Waals surface area contributed by atoms with Gasteiger partial charge < -0.3 is 10.6 Å². The molecule has 0 atom stereocenters. The number of amides is 2. The summed E-state index contributed by atoms with van der Waals surface area (Å²) in [5.41, 5.74) is 5.89. The third-order valence-electron chi connectivity index (χ3n) is 3.09. The molecule has 0 aromatic heterocycles. The molecule has 1 rings (SSSR count). The molecule has 0 aliphatic rings. The van der Waals surface area contributed by atoms with Crippen LogP contribution in [0, 0.1) is 11.8 Å². The van der Waals surface area contributed by atoms with E-state index in [1.54, 1.807) is 18.2 Å². The molecule has 0 fully saturated rings. The van der Waals surface area contributed by atoms with E-state index in [2.05, 4.69) is 33.0 Å². The smallest absolute Gasteiger partial charge is 0.257 e. The van der Waals surface area contributed by atoms with Crippen LogP contribution in [0.1, 0.15) is 48.4 Å². The highest BCUT2D eigenvalue weighted by Gasteiger charge is 2.16. The summed E-state index contributed by atoms with van der Waals surface area (Å²) < 4.78 is 0. The average molecular weight is 335 g/mol. The minimum atomic E-state index is -0.566. The number of hydrogen-bond acceptors (Lipinski definition) is 3. The molecule has 6 heteroatoms. The van der Waals surface area contributed by atoms with Crippen molar-refractivity contribution in [2.75, 3.05) is 13.1 Å². The summed E-state index contributed by atoms with van der Waals surface area (Å²) >= 11 is 5.38. The summed E-state index contributed by atoms with van der Waals surface area (Å²) in [6, 6.07) is 6.29. The summed E-state index contributed by atoms with van der Waals surface area (Å²) in [5.74, 6) is -0.0392. The highest BCUT2D eigenvalue weighted by molar-refractivity contribution is 7.80. The number of nitrogens with two attached hydrogens (primary N) is 1. The number of rotatable bonds is 6. The quantitative estimate of drug-likeness (QED) is 0.783. The van der Waals surface area contributed by atoms with Crippen LogP contribution in [0.5, 0.6) is 0 Å². The first kappa shape index (κ1) is 19.1. The van der Waals surface area contributed by atoms with Crippen molar-refractivity contribution in [3.8, 4) is 0 Å². The van der Waals surface area contributed by atoms with Crippen LogP contribution in [-0.4, -0.2) is 34.9 Å². The van der Waals surface area contributed by atoms with Gasteiger partial charge in [0.15, 0.2) is 5.11 Å². The van der Waals surface area contributed by atoms with E-state index < -0.39 is 5.91 Å². The molecule has 3 N–H and O–H groups in total. The number of nitrogens with one attached hydrogen (secondary N) is 1. The molecule has 0 heterocycles. The molecule has 0 saturated carbocycles. The maximum absolute atomic E-state index is 12.3. The van der Waals surface area contributed by atoms with Gasteiger partial charge in [0, 0.05) is 24.2 Å². The molecule has 0 radical (unpaired) electrons. The SMILES string of the molecule is CC(C)CN(CC(C)C)C(=S)NC(=O)c1cccc(C(N)=O)c1. The molecule has 0 bridgehead atoms. The first-order chi connectivity index (χ1) is 10.7. The van der Waals surface area contributed by atoms with E-state index in [9.17, 15) is 9.59 Å². The molecule has 0 saturated heterocycles. The second-order valence-corrected chi connectivity index (χ2v) is 6.78. The molecule has 1 aromatic carbocycles. The summed E-state index contributed by atoms with van der Waals surface area (Å²) in [7, 11) is 0. The molecule has 0 spiro atoms. The highest BCUT2D eigenvalue weighted by Crippen LogP contribution is 2.07. The Morgan fingerprint density at radius 2 is 1.65 bits per heavy atom. The lowest BCUT2D eigenvalue weighted by atomic mass is 10.1. The van der Waals surface area contributed by atoms with E-state index in [-0.39, 0.29) is 5.91 Å². The fourth-order valence-corrected chi connectivity index (χ4v) is 2.43. The number of primary amides is 1. The second-order valence-electron chi connectivity index (χ2n) is 6.40. The maximum atomic E-state index is 12.3. The van der Waals surface area contributed by atoms with Gasteiger partial charge in [-0.2, -0.15) is 0 Å². The first-order valence-corrected chi connectivity index (χ1v) is 8.11. The van der Waals surface area contributed by atoms with Gasteiger partial charge in [0.2, 0.25) is 5.91 Å². The zero-order chi connectivity index (χ0) is 17.6. The number of nitrogens with zero attached hydrogens (tertiary/aromatic N) is 1. The minimum absolute atomic E-state index is 0.296. The van der Waals surface area contributed by atoms with Gasteiger partial charge in [-0.15, -0.1) is 0 Å². The molecule has 126 valence electrons. The topological polar surface area (TPSA) is 75.4 Å². The molecule has 0 unspecified atom stereocenters. The fourth-order valence-electron chi connectivity index (χ4n) is 2.18. The van der Waals surface area contributed by atoms with Crippen LogP contribution >= 0.6 is 12.2 Å². The van der Waals surface area contributed by atoms with Crippen LogP contribution in [0.4, 0.5) is 0 Å². The van der Waals surface area contributed by atoms with Gasteiger partial charge >= 0.3 is 0 Å². The average Bonchev–Trinajstić information content (AvgIpc) is 2.45. The molecular formula is C17H25N3O2S. The van der Waals surface area contributed by atoms with E-state index in [1.807, 2.05) is 4.90 Å². The van der Waals surface area contributed by atoms with Crippen molar-refractivity contribution in [3.63, 3.8) is 0 Å². The Labute approximate surface area is 143 Å². The monoisotopic (exact) mass is 335 g/mol. The predicted molar refractivity (Wildman–Crippen MR) is 96.3 cm³/mol. The predicted octanol–water partition coefficient (Wildman–Crippen LogP) is 2.41. The Morgan fingerprint density at radius 3 is 2.13 bits per heavy atom. The third-order valence-corrected chi connectivity index (χ3v) is 3.45. The Morgan fingerprint density at radius 1 is 1.13 bits per heavy atom. The van der Waals surface area contributed by atoms with Gasteiger partial charge in [-0.3, -0.25) is 14.9 Å². The number of benzene rings is 1. The van der Waals surface area contributed by atoms with Gasteiger partial charge in [-0.25, -0.2) is 0 Å². The van der Waals surface area contributed by atoms with Crippen molar-refractivity contribution in [1.82, 2.24) is 10.2 Å². The second kappa shape index (κ2) is 8.62. The molecule has 0 aliphatic heterocycles. The van der Waals surface area contributed by atoms with Crippen molar-refractivity contribution in [3.05, 3.63) is 35.4 Å². The van der Waals surface area contributed by atoms with Crippen LogP contribution in [0.3, 0.4) is 0 Å². The van der Waals surface area contributed by atoms with E-state index in [4.69, 9.17) is 18.0 Å². The van der Waals surface area contributed by atoms with Crippen LogP contribution in [0.15, 0.2) is 24.3 Å². The van der Waals surface area contributed by atoms with Gasteiger partial charge in [-0.1, -0.05) is 33.8 Å². The van der Waals surface area contributed by atoms with Gasteiger partial charge in [0.25, 0.3) is 5.91 Å². The van der Waals surface area contributed by atoms with Crippen molar-refractivity contribution in [2.24, 2.45) is 17.6 Å². The highest BCUT2D eigenvalue weighted by atomic mass is 32.1. The number of thiocarbonyl (C=S) groups is 1. The molecule has 5 nitrogen and oxygen atoms in total. The van der Waals surface area contributed by atoms with Crippen LogP contribution < -0.4 is 11.1 Å². The van der Waals surface area contributed by atoms with E-state index in [1.165, 1.54) is 6.07 Å². The Balaban J connectivity index is 2.82. The van der Waals surface area contributed by atoms with E-state index in [0.717, 1.165) is 13.1 Å². The van der Waals surface area contributed by atoms with Gasteiger partial charge in [0.05, 0.1) is 0 Å². The zero-order valence-corrected chi connectivity index (χ0v) is 14.9. The standard InChI is InChI=1S/C17H25N3O2S/c1-11(2)9-20(10-12(3)4)17(23)19-16(22)14-7-5-6-13(8-14)15(18)21/h5-8,11-12H,9-10H2,1-4H3,(H2,18,21)(H,19,22,23). The molecule has 0 aliphatic carbocycles. The van der Waals surface area contributed by atoms with Crippen LogP contribution in [0.25, 0.3) is 0 Å². The molecule has 2 amide bonds. The summed E-state index contributed by atoms with van der Waals surface area (Å²) in [6.07, 6.45) is 0. The normalized spacial score (nSPS) is 10.7. The van der Waals surface area contributed by atoms with Gasteiger partial charge in [-0.05, 0) is 42.3 Å². The number of carbonyl (C=O) groups excluding carboxylic acids is 2. The van der Waals surface area contributed by atoms with E-state index >= 15 is 0 Å². The third kappa shape index (κ3) is 6.36. The van der Waals surface area contributed by atoms with Crippen molar-refractivity contribution < 1.29 is 9.59 Å². The van der Waals surface area contributed by atoms with E-state index in [0.29, 0.717) is 28.1 Å². The Hall–Kier alpha value is -1.95. The summed E-state index contributed by atoms with van der Waals surface area (Å²) in [5, 5.41) is 3.14. The fraction of sp³-hybridized carbons (Fsp3) is 0.471. The number of hydrogen-bond donors (Lipinski definition) is 2. The largest absolute Gasteiger partial charge is 0.366 e. The minimum Gasteiger partial charge on any atom is -0.366 e. The van der Waals surface area contributed by atoms with Crippen LogP contribution in [0.2, 0.25) is 0 Å². The van der Waals surface area contributed by atoms with Crippen molar-refractivity contribution in [1.29, 1.82) is 0 Å². The number of carbonyl (C=O) groups is 2. The summed E-state index contributed by atoms with van der Waals surface area (Å²) in [6.45, 7) is 9.97. The Bertz CT molecular complexity index is 575.